The van der Waals surface area contributed by atoms with Gasteiger partial charge in [-0.1, -0.05) is 0 Å². The van der Waals surface area contributed by atoms with Gasteiger partial charge in [-0.3, -0.25) is 9.79 Å². The summed E-state index contributed by atoms with van der Waals surface area (Å²) >= 11 is 0. The maximum absolute atomic E-state index is 11.0. The van der Waals surface area contributed by atoms with E-state index >= 15 is 0 Å². The van der Waals surface area contributed by atoms with Crippen molar-refractivity contribution in [2.45, 2.75) is 19.8 Å². The van der Waals surface area contributed by atoms with Gasteiger partial charge in [0.1, 0.15) is 0 Å². The highest BCUT2D eigenvalue weighted by molar-refractivity contribution is 5.78. The molecule has 5 heteroatoms. The summed E-state index contributed by atoms with van der Waals surface area (Å²) in [5.41, 5.74) is 0.908. The lowest BCUT2D eigenvalue weighted by Crippen LogP contribution is -2.04. The highest BCUT2D eigenvalue weighted by Gasteiger charge is 1.99. The van der Waals surface area contributed by atoms with E-state index in [2.05, 4.69) is 15.2 Å². The molecule has 0 amide bonds. The van der Waals surface area contributed by atoms with Crippen LogP contribution in [0, 0.1) is 0 Å². The SMILES string of the molecule is CCOC(=O)CCCN=Cc1ccnnc1. The first-order valence-corrected chi connectivity index (χ1v) is 5.25. The summed E-state index contributed by atoms with van der Waals surface area (Å²) in [6.07, 6.45) is 6.09. The molecule has 1 aromatic rings. The Hall–Kier alpha value is -1.78. The quantitative estimate of drug-likeness (QED) is 0.412. The van der Waals surface area contributed by atoms with Crippen LogP contribution in [0.25, 0.3) is 0 Å². The fourth-order valence-corrected chi connectivity index (χ4v) is 1.10. The third-order valence-electron chi connectivity index (χ3n) is 1.82. The van der Waals surface area contributed by atoms with Gasteiger partial charge in [0.25, 0.3) is 0 Å². The molecule has 0 unspecified atom stereocenters. The molecular formula is C11H15N3O2. The molecule has 1 rings (SSSR count). The van der Waals surface area contributed by atoms with Crippen LogP contribution in [0.3, 0.4) is 0 Å². The number of rotatable bonds is 6. The first-order chi connectivity index (χ1) is 7.83. The number of esters is 1. The molecule has 0 radical (unpaired) electrons. The summed E-state index contributed by atoms with van der Waals surface area (Å²) in [5.74, 6) is -0.164. The largest absolute Gasteiger partial charge is 0.466 e. The van der Waals surface area contributed by atoms with Gasteiger partial charge in [0.05, 0.1) is 19.0 Å². The van der Waals surface area contributed by atoms with Crippen LogP contribution in [-0.2, 0) is 9.53 Å². The maximum atomic E-state index is 11.0. The van der Waals surface area contributed by atoms with Crippen molar-refractivity contribution in [1.29, 1.82) is 0 Å². The lowest BCUT2D eigenvalue weighted by atomic mass is 10.3. The monoisotopic (exact) mass is 221 g/mol. The standard InChI is InChI=1S/C11H15N3O2/c1-2-16-11(15)4-3-6-12-8-10-5-7-13-14-9-10/h5,7-9H,2-4,6H2,1H3. The van der Waals surface area contributed by atoms with Crippen LogP contribution in [0.2, 0.25) is 0 Å². The van der Waals surface area contributed by atoms with E-state index in [1.165, 1.54) is 0 Å². The van der Waals surface area contributed by atoms with E-state index in [0.717, 1.165) is 5.56 Å². The van der Waals surface area contributed by atoms with Gasteiger partial charge in [-0.05, 0) is 19.4 Å². The minimum Gasteiger partial charge on any atom is -0.466 e. The molecule has 0 aromatic carbocycles. The molecule has 0 aliphatic rings. The maximum Gasteiger partial charge on any atom is 0.305 e. The summed E-state index contributed by atoms with van der Waals surface area (Å²) in [7, 11) is 0. The highest BCUT2D eigenvalue weighted by atomic mass is 16.5. The zero-order chi connectivity index (χ0) is 11.6. The Labute approximate surface area is 94.6 Å². The minimum atomic E-state index is -0.164. The van der Waals surface area contributed by atoms with E-state index in [0.29, 0.717) is 26.0 Å². The molecule has 0 spiro atoms. The van der Waals surface area contributed by atoms with E-state index in [4.69, 9.17) is 4.74 Å². The van der Waals surface area contributed by atoms with Gasteiger partial charge in [-0.2, -0.15) is 10.2 Å². The highest BCUT2D eigenvalue weighted by Crippen LogP contribution is 1.94. The van der Waals surface area contributed by atoms with Crippen molar-refractivity contribution >= 4 is 12.2 Å². The van der Waals surface area contributed by atoms with E-state index in [9.17, 15) is 4.79 Å². The number of ether oxygens (including phenoxy) is 1. The van der Waals surface area contributed by atoms with Crippen molar-refractivity contribution in [1.82, 2.24) is 10.2 Å². The lowest BCUT2D eigenvalue weighted by molar-refractivity contribution is -0.143. The fourth-order valence-electron chi connectivity index (χ4n) is 1.10. The Morgan fingerprint density at radius 3 is 3.12 bits per heavy atom. The van der Waals surface area contributed by atoms with Crippen molar-refractivity contribution in [3.05, 3.63) is 24.0 Å². The van der Waals surface area contributed by atoms with Crippen LogP contribution in [-0.4, -0.2) is 35.5 Å². The van der Waals surface area contributed by atoms with Gasteiger partial charge in [-0.15, -0.1) is 0 Å². The van der Waals surface area contributed by atoms with E-state index in [1.54, 1.807) is 25.5 Å². The lowest BCUT2D eigenvalue weighted by Gasteiger charge is -1.98. The Morgan fingerprint density at radius 2 is 2.44 bits per heavy atom. The Kier molecular flexibility index (Phi) is 5.76. The first-order valence-electron chi connectivity index (χ1n) is 5.25. The molecule has 0 saturated heterocycles. The third kappa shape index (κ3) is 5.19. The molecule has 0 aliphatic heterocycles. The molecule has 86 valence electrons. The number of aromatic nitrogens is 2. The van der Waals surface area contributed by atoms with Crippen molar-refractivity contribution in [2.75, 3.05) is 13.2 Å². The molecule has 0 atom stereocenters. The molecule has 0 bridgehead atoms. The first kappa shape index (κ1) is 12.3. The summed E-state index contributed by atoms with van der Waals surface area (Å²) in [4.78, 5) is 15.2. The van der Waals surface area contributed by atoms with Crippen molar-refractivity contribution in [2.24, 2.45) is 4.99 Å². The van der Waals surface area contributed by atoms with Crippen molar-refractivity contribution < 1.29 is 9.53 Å². The van der Waals surface area contributed by atoms with Gasteiger partial charge in [0, 0.05) is 24.7 Å². The Balaban J connectivity index is 2.16. The van der Waals surface area contributed by atoms with Crippen LogP contribution in [0.15, 0.2) is 23.5 Å². The average Bonchev–Trinajstić information content (AvgIpc) is 2.30. The van der Waals surface area contributed by atoms with Gasteiger partial charge in [0.15, 0.2) is 0 Å². The van der Waals surface area contributed by atoms with E-state index in [-0.39, 0.29) is 5.97 Å². The molecule has 0 fully saturated rings. The van der Waals surface area contributed by atoms with Gasteiger partial charge >= 0.3 is 5.97 Å². The second-order valence-corrected chi connectivity index (χ2v) is 3.12. The summed E-state index contributed by atoms with van der Waals surface area (Å²) in [6.45, 7) is 2.85. The molecule has 0 N–H and O–H groups in total. The Morgan fingerprint density at radius 1 is 1.56 bits per heavy atom. The predicted molar refractivity (Wildman–Crippen MR) is 60.4 cm³/mol. The second kappa shape index (κ2) is 7.50. The minimum absolute atomic E-state index is 0.164. The van der Waals surface area contributed by atoms with Crippen LogP contribution >= 0.6 is 0 Å². The number of nitrogens with zero attached hydrogens (tertiary/aromatic N) is 3. The number of carbonyl (C=O) groups is 1. The van der Waals surface area contributed by atoms with Gasteiger partial charge in [0.2, 0.25) is 0 Å². The van der Waals surface area contributed by atoms with Crippen molar-refractivity contribution in [3.63, 3.8) is 0 Å². The molecule has 0 aliphatic carbocycles. The number of hydrogen-bond donors (Lipinski definition) is 0. The van der Waals surface area contributed by atoms with Crippen LogP contribution < -0.4 is 0 Å². The number of hydrogen-bond acceptors (Lipinski definition) is 5. The number of aliphatic imine (C=N–C) groups is 1. The summed E-state index contributed by atoms with van der Waals surface area (Å²) in [6, 6.07) is 1.82. The molecular weight excluding hydrogens is 206 g/mol. The van der Waals surface area contributed by atoms with E-state index in [1.807, 2.05) is 6.07 Å². The molecule has 5 nitrogen and oxygen atoms in total. The van der Waals surface area contributed by atoms with Crippen LogP contribution in [0.1, 0.15) is 25.3 Å². The number of carbonyl (C=O) groups excluding carboxylic acids is 1. The molecule has 1 aromatic heterocycles. The molecule has 0 saturated carbocycles. The van der Waals surface area contributed by atoms with E-state index < -0.39 is 0 Å². The zero-order valence-electron chi connectivity index (χ0n) is 9.30. The average molecular weight is 221 g/mol. The normalized spacial score (nSPS) is 10.6. The molecule has 1 heterocycles. The van der Waals surface area contributed by atoms with Gasteiger partial charge in [-0.25, -0.2) is 0 Å². The molecule has 16 heavy (non-hydrogen) atoms. The Bertz CT molecular complexity index is 338. The predicted octanol–water partition coefficient (Wildman–Crippen LogP) is 1.24. The fraction of sp³-hybridized carbons (Fsp3) is 0.455. The summed E-state index contributed by atoms with van der Waals surface area (Å²) < 4.78 is 4.80. The second-order valence-electron chi connectivity index (χ2n) is 3.12. The van der Waals surface area contributed by atoms with Crippen molar-refractivity contribution in [3.8, 4) is 0 Å². The van der Waals surface area contributed by atoms with Crippen LogP contribution in [0.5, 0.6) is 0 Å². The summed E-state index contributed by atoms with van der Waals surface area (Å²) in [5, 5.41) is 7.38. The van der Waals surface area contributed by atoms with Gasteiger partial charge < -0.3 is 4.74 Å². The smallest absolute Gasteiger partial charge is 0.305 e. The zero-order valence-corrected chi connectivity index (χ0v) is 9.30. The van der Waals surface area contributed by atoms with Crippen LogP contribution in [0.4, 0.5) is 0 Å². The topological polar surface area (TPSA) is 64.4 Å². The third-order valence-corrected chi connectivity index (χ3v) is 1.82.